The first-order valence-corrected chi connectivity index (χ1v) is 10.6. The summed E-state index contributed by atoms with van der Waals surface area (Å²) in [6.45, 7) is 1.66. The standard InChI is InChI=1S/C22H16BrFN2O3S/c1-12-18(21(28)29-2)19(15-8-3-4-9-16(15)24)26-20(27)17(30-22(26)25-12)11-13-6-5-7-14(23)10-13/h3-11,19H,1-2H3/b17-11-/t19-/m1/s1. The van der Waals surface area contributed by atoms with Crippen LogP contribution in [-0.2, 0) is 9.53 Å². The molecule has 2 aromatic carbocycles. The SMILES string of the molecule is COC(=O)C1=C(C)N=c2s/c(=C\c3cccc(Br)c3)c(=O)n2[C@@H]1c1ccccc1F. The van der Waals surface area contributed by atoms with Gasteiger partial charge in [-0.25, -0.2) is 14.2 Å². The smallest absolute Gasteiger partial charge is 0.338 e. The van der Waals surface area contributed by atoms with Crippen LogP contribution in [0.4, 0.5) is 4.39 Å². The third-order valence-corrected chi connectivity index (χ3v) is 6.25. The predicted octanol–water partition coefficient (Wildman–Crippen LogP) is 3.31. The lowest BCUT2D eigenvalue weighted by molar-refractivity contribution is -0.136. The van der Waals surface area contributed by atoms with Gasteiger partial charge in [0.25, 0.3) is 5.56 Å². The molecule has 8 heteroatoms. The fraction of sp³-hybridized carbons (Fsp3) is 0.136. The first-order chi connectivity index (χ1) is 14.4. The van der Waals surface area contributed by atoms with Crippen LogP contribution in [0.2, 0.25) is 0 Å². The van der Waals surface area contributed by atoms with Crippen molar-refractivity contribution in [3.63, 3.8) is 0 Å². The van der Waals surface area contributed by atoms with Gasteiger partial charge in [0.15, 0.2) is 4.80 Å². The highest BCUT2D eigenvalue weighted by atomic mass is 79.9. The van der Waals surface area contributed by atoms with Gasteiger partial charge in [0.05, 0.1) is 22.9 Å². The Morgan fingerprint density at radius 1 is 1.27 bits per heavy atom. The molecular weight excluding hydrogens is 471 g/mol. The van der Waals surface area contributed by atoms with Gasteiger partial charge in [-0.2, -0.15) is 0 Å². The number of carbonyl (C=O) groups is 1. The van der Waals surface area contributed by atoms with E-state index in [2.05, 4.69) is 20.9 Å². The van der Waals surface area contributed by atoms with Gasteiger partial charge in [-0.1, -0.05) is 57.6 Å². The monoisotopic (exact) mass is 486 g/mol. The molecule has 4 rings (SSSR count). The lowest BCUT2D eigenvalue weighted by atomic mass is 9.95. The van der Waals surface area contributed by atoms with Crippen LogP contribution in [-0.4, -0.2) is 17.6 Å². The van der Waals surface area contributed by atoms with Gasteiger partial charge in [-0.05, 0) is 36.8 Å². The molecular formula is C22H16BrFN2O3S. The third-order valence-electron chi connectivity index (χ3n) is 4.77. The summed E-state index contributed by atoms with van der Waals surface area (Å²) in [5, 5.41) is 0. The summed E-state index contributed by atoms with van der Waals surface area (Å²) in [6.07, 6.45) is 1.75. The van der Waals surface area contributed by atoms with Crippen molar-refractivity contribution in [1.29, 1.82) is 0 Å². The zero-order valence-electron chi connectivity index (χ0n) is 16.1. The molecule has 0 unspecified atom stereocenters. The maximum Gasteiger partial charge on any atom is 0.338 e. The van der Waals surface area contributed by atoms with Crippen molar-refractivity contribution in [3.8, 4) is 0 Å². The van der Waals surface area contributed by atoms with E-state index in [0.29, 0.717) is 15.0 Å². The maximum absolute atomic E-state index is 14.7. The fourth-order valence-electron chi connectivity index (χ4n) is 3.43. The fourth-order valence-corrected chi connectivity index (χ4v) is 4.90. The summed E-state index contributed by atoms with van der Waals surface area (Å²) in [6, 6.07) is 12.7. The number of fused-ring (bicyclic) bond motifs is 1. The van der Waals surface area contributed by atoms with E-state index < -0.39 is 17.8 Å². The van der Waals surface area contributed by atoms with Crippen LogP contribution in [0.15, 0.2) is 74.1 Å². The highest BCUT2D eigenvalue weighted by molar-refractivity contribution is 9.10. The molecule has 0 amide bonds. The number of esters is 1. The average Bonchev–Trinajstić information content (AvgIpc) is 3.02. The quantitative estimate of drug-likeness (QED) is 0.533. The molecule has 3 aromatic rings. The van der Waals surface area contributed by atoms with Crippen LogP contribution in [0, 0.1) is 5.82 Å². The van der Waals surface area contributed by atoms with Crippen molar-refractivity contribution in [1.82, 2.24) is 4.57 Å². The van der Waals surface area contributed by atoms with Gasteiger partial charge < -0.3 is 4.74 Å². The summed E-state index contributed by atoms with van der Waals surface area (Å²) in [5.74, 6) is -1.16. The lowest BCUT2D eigenvalue weighted by Crippen LogP contribution is -2.40. The van der Waals surface area contributed by atoms with Crippen molar-refractivity contribution in [2.75, 3.05) is 7.11 Å². The van der Waals surface area contributed by atoms with Gasteiger partial charge in [-0.3, -0.25) is 9.36 Å². The zero-order valence-corrected chi connectivity index (χ0v) is 18.5. The van der Waals surface area contributed by atoms with Crippen LogP contribution in [0.3, 0.4) is 0 Å². The molecule has 1 aromatic heterocycles. The van der Waals surface area contributed by atoms with E-state index in [-0.39, 0.29) is 16.7 Å². The molecule has 0 aliphatic carbocycles. The number of halogens is 2. The Bertz CT molecular complexity index is 1370. The molecule has 2 heterocycles. The number of methoxy groups -OCH3 is 1. The van der Waals surface area contributed by atoms with Crippen LogP contribution in [0.1, 0.15) is 24.1 Å². The Morgan fingerprint density at radius 2 is 2.03 bits per heavy atom. The molecule has 1 aliphatic rings. The molecule has 1 atom stereocenters. The molecule has 5 nitrogen and oxygen atoms in total. The molecule has 0 bridgehead atoms. The normalized spacial score (nSPS) is 16.3. The highest BCUT2D eigenvalue weighted by Gasteiger charge is 2.34. The lowest BCUT2D eigenvalue weighted by Gasteiger charge is -2.24. The van der Waals surface area contributed by atoms with Crippen LogP contribution in [0.5, 0.6) is 0 Å². The summed E-state index contributed by atoms with van der Waals surface area (Å²) >= 11 is 4.62. The summed E-state index contributed by atoms with van der Waals surface area (Å²) < 4.78 is 22.3. The average molecular weight is 487 g/mol. The molecule has 0 N–H and O–H groups in total. The van der Waals surface area contributed by atoms with E-state index in [1.54, 1.807) is 31.2 Å². The van der Waals surface area contributed by atoms with Gasteiger partial charge in [0.1, 0.15) is 11.9 Å². The minimum atomic E-state index is -0.959. The first kappa shape index (κ1) is 20.4. The Morgan fingerprint density at radius 3 is 2.73 bits per heavy atom. The van der Waals surface area contributed by atoms with Crippen LogP contribution < -0.4 is 14.9 Å². The van der Waals surface area contributed by atoms with E-state index in [1.165, 1.54) is 29.1 Å². The topological polar surface area (TPSA) is 60.7 Å². The second kappa shape index (κ2) is 8.12. The number of carbonyl (C=O) groups excluding carboxylic acids is 1. The van der Waals surface area contributed by atoms with Gasteiger partial charge in [-0.15, -0.1) is 0 Å². The van der Waals surface area contributed by atoms with Crippen LogP contribution >= 0.6 is 27.3 Å². The molecule has 0 radical (unpaired) electrons. The van der Waals surface area contributed by atoms with Crippen molar-refractivity contribution >= 4 is 39.3 Å². The Hall–Kier alpha value is -2.84. The highest BCUT2D eigenvalue weighted by Crippen LogP contribution is 2.31. The Balaban J connectivity index is 2.01. The van der Waals surface area contributed by atoms with E-state index in [0.717, 1.165) is 10.0 Å². The van der Waals surface area contributed by atoms with E-state index in [1.807, 2.05) is 24.3 Å². The van der Waals surface area contributed by atoms with Crippen LogP contribution in [0.25, 0.3) is 6.08 Å². The molecule has 30 heavy (non-hydrogen) atoms. The maximum atomic E-state index is 14.7. The number of allylic oxidation sites excluding steroid dienone is 1. The second-order valence-corrected chi connectivity index (χ2v) is 8.57. The zero-order chi connectivity index (χ0) is 21.4. The molecule has 1 aliphatic heterocycles. The summed E-state index contributed by atoms with van der Waals surface area (Å²) in [7, 11) is 1.25. The van der Waals surface area contributed by atoms with Gasteiger partial charge in [0, 0.05) is 10.0 Å². The largest absolute Gasteiger partial charge is 0.466 e. The predicted molar refractivity (Wildman–Crippen MR) is 116 cm³/mol. The molecule has 0 saturated carbocycles. The van der Waals surface area contributed by atoms with Gasteiger partial charge in [0.2, 0.25) is 0 Å². The first-order valence-electron chi connectivity index (χ1n) is 9.01. The molecule has 0 fully saturated rings. The minimum absolute atomic E-state index is 0.143. The van der Waals surface area contributed by atoms with E-state index in [4.69, 9.17) is 4.74 Å². The molecule has 0 spiro atoms. The number of thiazole rings is 1. The number of aromatic nitrogens is 1. The number of nitrogens with zero attached hydrogens (tertiary/aromatic N) is 2. The van der Waals surface area contributed by atoms with E-state index >= 15 is 0 Å². The minimum Gasteiger partial charge on any atom is -0.466 e. The second-order valence-electron chi connectivity index (χ2n) is 6.65. The molecule has 0 saturated heterocycles. The van der Waals surface area contributed by atoms with Crippen molar-refractivity contribution < 1.29 is 13.9 Å². The summed E-state index contributed by atoms with van der Waals surface area (Å²) in [4.78, 5) is 30.7. The molecule has 152 valence electrons. The Labute approximate surface area is 183 Å². The van der Waals surface area contributed by atoms with Gasteiger partial charge >= 0.3 is 5.97 Å². The summed E-state index contributed by atoms with van der Waals surface area (Å²) in [5.41, 5.74) is 1.23. The van der Waals surface area contributed by atoms with Crippen molar-refractivity contribution in [3.05, 3.63) is 101 Å². The number of ether oxygens (including phenoxy) is 1. The van der Waals surface area contributed by atoms with Crippen molar-refractivity contribution in [2.24, 2.45) is 4.99 Å². The third kappa shape index (κ3) is 3.57. The van der Waals surface area contributed by atoms with E-state index in [9.17, 15) is 14.0 Å². The number of hydrogen-bond donors (Lipinski definition) is 0. The Kier molecular flexibility index (Phi) is 5.53. The van der Waals surface area contributed by atoms with Crippen molar-refractivity contribution in [2.45, 2.75) is 13.0 Å². The number of rotatable bonds is 3. The number of hydrogen-bond acceptors (Lipinski definition) is 5. The number of benzene rings is 2.